The molecule has 2 nitrogen and oxygen atoms in total. The van der Waals surface area contributed by atoms with E-state index in [1.165, 1.54) is 6.07 Å². The van der Waals surface area contributed by atoms with Crippen molar-refractivity contribution in [3.8, 4) is 0 Å². The molecule has 0 heterocycles. The Morgan fingerprint density at radius 2 is 1.81 bits per heavy atom. The highest BCUT2D eigenvalue weighted by Gasteiger charge is 2.35. The molecule has 0 radical (unpaired) electrons. The molecule has 0 aromatic heterocycles. The molecule has 0 aliphatic heterocycles. The van der Waals surface area contributed by atoms with E-state index in [1.54, 1.807) is 0 Å². The summed E-state index contributed by atoms with van der Waals surface area (Å²) in [5, 5.41) is 18.1. The summed E-state index contributed by atoms with van der Waals surface area (Å²) in [6.07, 6.45) is -2.66. The Hall–Kier alpha value is -1.01. The minimum Gasteiger partial charge on any atom is -0.423 e. The first-order chi connectivity index (χ1) is 7.39. The Morgan fingerprint density at radius 1 is 1.19 bits per heavy atom. The summed E-state index contributed by atoms with van der Waals surface area (Å²) in [7, 11) is -1.85. The molecule has 16 heavy (non-hydrogen) atoms. The van der Waals surface area contributed by atoms with E-state index in [4.69, 9.17) is 10.0 Å². The second-order valence-corrected chi connectivity index (χ2v) is 3.99. The van der Waals surface area contributed by atoms with Crippen molar-refractivity contribution in [1.29, 1.82) is 0 Å². The van der Waals surface area contributed by atoms with Gasteiger partial charge in [-0.2, -0.15) is 13.2 Å². The molecule has 0 spiro atoms. The van der Waals surface area contributed by atoms with Gasteiger partial charge in [-0.3, -0.25) is 0 Å². The zero-order valence-corrected chi connectivity index (χ0v) is 8.33. The standard InChI is InChI=1S/C10H10BF3O2/c12-10(13,14)7-3-4-8(6-1-2-6)9(5-7)11(15)16/h3-6,15-16H,1-2H2. The first-order valence-electron chi connectivity index (χ1n) is 4.97. The topological polar surface area (TPSA) is 40.5 Å². The van der Waals surface area contributed by atoms with Gasteiger partial charge in [-0.05, 0) is 41.9 Å². The lowest BCUT2D eigenvalue weighted by Crippen LogP contribution is -2.34. The molecule has 1 aliphatic carbocycles. The van der Waals surface area contributed by atoms with E-state index < -0.39 is 18.9 Å². The number of halogens is 3. The van der Waals surface area contributed by atoms with Gasteiger partial charge < -0.3 is 10.0 Å². The molecule has 0 atom stereocenters. The fraction of sp³-hybridized carbons (Fsp3) is 0.400. The highest BCUT2D eigenvalue weighted by molar-refractivity contribution is 6.59. The number of alkyl halides is 3. The average Bonchev–Trinajstić information content (AvgIpc) is 2.98. The maximum Gasteiger partial charge on any atom is 0.488 e. The summed E-state index contributed by atoms with van der Waals surface area (Å²) in [6.45, 7) is 0. The quantitative estimate of drug-likeness (QED) is 0.751. The minimum atomic E-state index is -4.45. The lowest BCUT2D eigenvalue weighted by atomic mass is 9.75. The van der Waals surface area contributed by atoms with Crippen LogP contribution in [0.2, 0.25) is 0 Å². The molecule has 1 aromatic carbocycles. The molecule has 1 aliphatic rings. The van der Waals surface area contributed by atoms with Gasteiger partial charge in [-0.1, -0.05) is 6.07 Å². The van der Waals surface area contributed by atoms with Crippen molar-refractivity contribution in [1.82, 2.24) is 0 Å². The zero-order valence-electron chi connectivity index (χ0n) is 8.33. The van der Waals surface area contributed by atoms with Crippen LogP contribution in [0.3, 0.4) is 0 Å². The maximum atomic E-state index is 12.4. The van der Waals surface area contributed by atoms with Crippen LogP contribution in [0.1, 0.15) is 29.9 Å². The summed E-state index contributed by atoms with van der Waals surface area (Å²) < 4.78 is 37.2. The number of hydrogen-bond acceptors (Lipinski definition) is 2. The highest BCUT2D eigenvalue weighted by atomic mass is 19.4. The van der Waals surface area contributed by atoms with E-state index in [9.17, 15) is 13.2 Å². The van der Waals surface area contributed by atoms with E-state index in [1.807, 2.05) is 0 Å². The second kappa shape index (κ2) is 3.78. The normalized spacial score (nSPS) is 16.3. The second-order valence-electron chi connectivity index (χ2n) is 3.99. The molecule has 86 valence electrons. The third kappa shape index (κ3) is 2.22. The minimum absolute atomic E-state index is 0.0303. The third-order valence-corrected chi connectivity index (χ3v) is 2.71. The predicted octanol–water partition coefficient (Wildman–Crippen LogP) is 1.26. The zero-order chi connectivity index (χ0) is 11.9. The van der Waals surface area contributed by atoms with Gasteiger partial charge in [0.05, 0.1) is 5.56 Å². The molecule has 0 amide bonds. The van der Waals surface area contributed by atoms with Crippen molar-refractivity contribution in [2.24, 2.45) is 0 Å². The van der Waals surface area contributed by atoms with Crippen LogP contribution in [0.25, 0.3) is 0 Å². The van der Waals surface area contributed by atoms with Gasteiger partial charge in [0.2, 0.25) is 0 Å². The Kier molecular flexibility index (Phi) is 2.71. The lowest BCUT2D eigenvalue weighted by molar-refractivity contribution is -0.137. The highest BCUT2D eigenvalue weighted by Crippen LogP contribution is 2.40. The lowest BCUT2D eigenvalue weighted by Gasteiger charge is -2.12. The molecule has 2 N–H and O–H groups in total. The van der Waals surface area contributed by atoms with Crippen molar-refractivity contribution in [3.63, 3.8) is 0 Å². The van der Waals surface area contributed by atoms with E-state index in [0.29, 0.717) is 5.56 Å². The number of rotatable bonds is 2. The Bertz CT molecular complexity index is 400. The molecule has 6 heteroatoms. The molecule has 0 unspecified atom stereocenters. The monoisotopic (exact) mass is 230 g/mol. The summed E-state index contributed by atoms with van der Waals surface area (Å²) in [4.78, 5) is 0. The summed E-state index contributed by atoms with van der Waals surface area (Å²) >= 11 is 0. The van der Waals surface area contributed by atoms with Crippen molar-refractivity contribution in [2.75, 3.05) is 0 Å². The Labute approximate surface area is 90.9 Å². The molecule has 2 rings (SSSR count). The van der Waals surface area contributed by atoms with Crippen LogP contribution in [0, 0.1) is 0 Å². The molecular formula is C10H10BF3O2. The molecule has 1 fully saturated rings. The van der Waals surface area contributed by atoms with E-state index in [2.05, 4.69) is 0 Å². The maximum absolute atomic E-state index is 12.4. The van der Waals surface area contributed by atoms with Gasteiger partial charge in [-0.25, -0.2) is 0 Å². The Balaban J connectivity index is 2.43. The fourth-order valence-corrected chi connectivity index (χ4v) is 1.74. The summed E-state index contributed by atoms with van der Waals surface area (Å²) in [6, 6.07) is 3.15. The van der Waals surface area contributed by atoms with Crippen LogP contribution >= 0.6 is 0 Å². The van der Waals surface area contributed by atoms with Gasteiger partial charge in [0.1, 0.15) is 0 Å². The first-order valence-corrected chi connectivity index (χ1v) is 4.97. The van der Waals surface area contributed by atoms with E-state index >= 15 is 0 Å². The van der Waals surface area contributed by atoms with Gasteiger partial charge in [0.25, 0.3) is 0 Å². The average molecular weight is 230 g/mol. The van der Waals surface area contributed by atoms with E-state index in [-0.39, 0.29) is 11.4 Å². The Morgan fingerprint density at radius 3 is 2.25 bits per heavy atom. The molecule has 0 saturated heterocycles. The fourth-order valence-electron chi connectivity index (χ4n) is 1.74. The van der Waals surface area contributed by atoms with Gasteiger partial charge in [0, 0.05) is 0 Å². The van der Waals surface area contributed by atoms with Crippen LogP contribution in [-0.4, -0.2) is 17.2 Å². The van der Waals surface area contributed by atoms with E-state index in [0.717, 1.165) is 25.0 Å². The van der Waals surface area contributed by atoms with Crippen molar-refractivity contribution >= 4 is 12.6 Å². The summed E-state index contributed by atoms with van der Waals surface area (Å²) in [5.41, 5.74) is -0.264. The van der Waals surface area contributed by atoms with Crippen LogP contribution in [0.15, 0.2) is 18.2 Å². The van der Waals surface area contributed by atoms with Crippen LogP contribution < -0.4 is 5.46 Å². The van der Waals surface area contributed by atoms with Gasteiger partial charge in [-0.15, -0.1) is 0 Å². The third-order valence-electron chi connectivity index (χ3n) is 2.71. The van der Waals surface area contributed by atoms with Gasteiger partial charge >= 0.3 is 13.3 Å². The predicted molar refractivity (Wildman–Crippen MR) is 53.2 cm³/mol. The molecule has 1 saturated carbocycles. The smallest absolute Gasteiger partial charge is 0.423 e. The van der Waals surface area contributed by atoms with Crippen molar-refractivity contribution in [2.45, 2.75) is 24.9 Å². The van der Waals surface area contributed by atoms with Gasteiger partial charge in [0.15, 0.2) is 0 Å². The number of hydrogen-bond donors (Lipinski definition) is 2. The van der Waals surface area contributed by atoms with Crippen LogP contribution in [0.4, 0.5) is 13.2 Å². The molecular weight excluding hydrogens is 220 g/mol. The summed E-state index contributed by atoms with van der Waals surface area (Å²) in [5.74, 6) is 0.180. The molecule has 1 aromatic rings. The largest absolute Gasteiger partial charge is 0.488 e. The van der Waals surface area contributed by atoms with Crippen molar-refractivity contribution < 1.29 is 23.2 Å². The SMILES string of the molecule is OB(O)c1cc(C(F)(F)F)ccc1C1CC1. The molecule has 0 bridgehead atoms. The van der Waals surface area contributed by atoms with Crippen LogP contribution in [-0.2, 0) is 6.18 Å². The number of benzene rings is 1. The van der Waals surface area contributed by atoms with Crippen molar-refractivity contribution in [3.05, 3.63) is 29.3 Å². The first kappa shape index (κ1) is 11.5. The van der Waals surface area contributed by atoms with Crippen LogP contribution in [0.5, 0.6) is 0 Å².